The van der Waals surface area contributed by atoms with E-state index in [0.717, 1.165) is 31.7 Å². The highest BCUT2D eigenvalue weighted by Gasteiger charge is 2.15. The number of nitrogens with zero attached hydrogens (tertiary/aromatic N) is 1. The van der Waals surface area contributed by atoms with Crippen LogP contribution in [0.25, 0.3) is 0 Å². The molecule has 0 spiro atoms. The molecular formula is C12H17N3O. The Morgan fingerprint density at radius 3 is 2.75 bits per heavy atom. The van der Waals surface area contributed by atoms with Crippen molar-refractivity contribution < 1.29 is 4.79 Å². The summed E-state index contributed by atoms with van der Waals surface area (Å²) in [5.41, 5.74) is 7.68. The molecule has 16 heavy (non-hydrogen) atoms. The Balaban J connectivity index is 1.82. The van der Waals surface area contributed by atoms with Crippen molar-refractivity contribution >= 4 is 11.6 Å². The van der Waals surface area contributed by atoms with Crippen LogP contribution in [-0.2, 0) is 11.2 Å². The summed E-state index contributed by atoms with van der Waals surface area (Å²) in [4.78, 5) is 13.3. The monoisotopic (exact) mass is 219 g/mol. The normalized spacial score (nSPS) is 17.1. The van der Waals surface area contributed by atoms with Crippen molar-refractivity contribution in [1.82, 2.24) is 10.2 Å². The highest BCUT2D eigenvalue weighted by Crippen LogP contribution is 2.07. The molecule has 1 saturated heterocycles. The maximum absolute atomic E-state index is 11.2. The lowest BCUT2D eigenvalue weighted by molar-refractivity contribution is -0.124. The van der Waals surface area contributed by atoms with Gasteiger partial charge in [0.25, 0.3) is 0 Å². The Kier molecular flexibility index (Phi) is 3.41. The number of benzene rings is 1. The summed E-state index contributed by atoms with van der Waals surface area (Å²) in [6.45, 7) is 3.16. The third-order valence-corrected chi connectivity index (χ3v) is 2.81. The van der Waals surface area contributed by atoms with Gasteiger partial charge in [-0.1, -0.05) is 12.1 Å². The Hall–Kier alpha value is -1.55. The first-order chi connectivity index (χ1) is 7.74. The quantitative estimate of drug-likeness (QED) is 0.716. The minimum absolute atomic E-state index is 0.128. The average Bonchev–Trinajstić information content (AvgIpc) is 2.28. The summed E-state index contributed by atoms with van der Waals surface area (Å²) in [6, 6.07) is 7.91. The maximum atomic E-state index is 11.2. The lowest BCUT2D eigenvalue weighted by Crippen LogP contribution is -2.48. The number of nitrogens with two attached hydrogens (primary N) is 1. The van der Waals surface area contributed by atoms with Gasteiger partial charge in [-0.15, -0.1) is 0 Å². The van der Waals surface area contributed by atoms with Crippen LogP contribution in [0.3, 0.4) is 0 Å². The van der Waals surface area contributed by atoms with Crippen LogP contribution in [0.4, 0.5) is 5.69 Å². The molecule has 0 unspecified atom stereocenters. The van der Waals surface area contributed by atoms with Gasteiger partial charge in [0, 0.05) is 25.3 Å². The van der Waals surface area contributed by atoms with E-state index in [1.54, 1.807) is 0 Å². The number of carbonyl (C=O) groups is 1. The van der Waals surface area contributed by atoms with Gasteiger partial charge in [-0.25, -0.2) is 0 Å². The fourth-order valence-electron chi connectivity index (χ4n) is 1.85. The Labute approximate surface area is 95.4 Å². The van der Waals surface area contributed by atoms with Gasteiger partial charge in [0.1, 0.15) is 0 Å². The molecule has 3 N–H and O–H groups in total. The Morgan fingerprint density at radius 1 is 1.31 bits per heavy atom. The predicted molar refractivity (Wildman–Crippen MR) is 64.0 cm³/mol. The first-order valence-electron chi connectivity index (χ1n) is 5.57. The van der Waals surface area contributed by atoms with E-state index < -0.39 is 0 Å². The third-order valence-electron chi connectivity index (χ3n) is 2.81. The molecule has 0 radical (unpaired) electrons. The largest absolute Gasteiger partial charge is 0.399 e. The standard InChI is InChI=1S/C12H17N3O/c13-11-3-1-10(2-4-11)5-7-15-8-6-14-12(16)9-15/h1-4H,5-9,13H2,(H,14,16). The van der Waals surface area contributed by atoms with E-state index in [9.17, 15) is 4.79 Å². The van der Waals surface area contributed by atoms with E-state index in [-0.39, 0.29) is 5.91 Å². The fraction of sp³-hybridized carbons (Fsp3) is 0.417. The summed E-state index contributed by atoms with van der Waals surface area (Å²) in [7, 11) is 0. The first-order valence-corrected chi connectivity index (χ1v) is 5.57. The number of hydrogen-bond acceptors (Lipinski definition) is 3. The van der Waals surface area contributed by atoms with Gasteiger partial charge in [0.05, 0.1) is 6.54 Å². The lowest BCUT2D eigenvalue weighted by Gasteiger charge is -2.26. The van der Waals surface area contributed by atoms with E-state index in [1.807, 2.05) is 24.3 Å². The Morgan fingerprint density at radius 2 is 2.06 bits per heavy atom. The smallest absolute Gasteiger partial charge is 0.234 e. The summed E-state index contributed by atoms with van der Waals surface area (Å²) in [5.74, 6) is 0.128. The highest BCUT2D eigenvalue weighted by molar-refractivity contribution is 5.78. The van der Waals surface area contributed by atoms with Crippen LogP contribution in [0, 0.1) is 0 Å². The number of anilines is 1. The minimum Gasteiger partial charge on any atom is -0.399 e. The molecule has 2 rings (SSSR count). The van der Waals surface area contributed by atoms with Crippen LogP contribution in [0.2, 0.25) is 0 Å². The number of rotatable bonds is 3. The van der Waals surface area contributed by atoms with Crippen molar-refractivity contribution in [3.63, 3.8) is 0 Å². The molecule has 4 heteroatoms. The number of amides is 1. The molecule has 0 bridgehead atoms. The number of nitrogen functional groups attached to an aromatic ring is 1. The molecule has 1 aliphatic heterocycles. The SMILES string of the molecule is Nc1ccc(CCN2CCNC(=O)C2)cc1. The van der Waals surface area contributed by atoms with Crippen molar-refractivity contribution in [2.75, 3.05) is 31.9 Å². The molecular weight excluding hydrogens is 202 g/mol. The minimum atomic E-state index is 0.128. The number of piperazine rings is 1. The van der Waals surface area contributed by atoms with Gasteiger partial charge in [-0.2, -0.15) is 0 Å². The number of nitrogens with one attached hydrogen (secondary N) is 1. The molecule has 4 nitrogen and oxygen atoms in total. The van der Waals surface area contributed by atoms with Crippen molar-refractivity contribution in [1.29, 1.82) is 0 Å². The van der Waals surface area contributed by atoms with E-state index in [0.29, 0.717) is 6.54 Å². The molecule has 1 fully saturated rings. The van der Waals surface area contributed by atoms with E-state index in [2.05, 4.69) is 10.2 Å². The zero-order chi connectivity index (χ0) is 11.4. The van der Waals surface area contributed by atoms with Crippen molar-refractivity contribution in [2.24, 2.45) is 0 Å². The van der Waals surface area contributed by atoms with Gasteiger partial charge in [-0.3, -0.25) is 9.69 Å². The second kappa shape index (κ2) is 4.99. The maximum Gasteiger partial charge on any atom is 0.234 e. The van der Waals surface area contributed by atoms with E-state index in [1.165, 1.54) is 5.56 Å². The molecule has 0 saturated carbocycles. The van der Waals surface area contributed by atoms with Crippen LogP contribution >= 0.6 is 0 Å². The predicted octanol–water partition coefficient (Wildman–Crippen LogP) is 0.243. The molecule has 1 aliphatic rings. The summed E-state index contributed by atoms with van der Waals surface area (Å²) >= 11 is 0. The molecule has 1 amide bonds. The zero-order valence-corrected chi connectivity index (χ0v) is 9.28. The Bertz CT molecular complexity index is 361. The van der Waals surface area contributed by atoms with E-state index in [4.69, 9.17) is 5.73 Å². The van der Waals surface area contributed by atoms with Gasteiger partial charge >= 0.3 is 0 Å². The third kappa shape index (κ3) is 2.97. The van der Waals surface area contributed by atoms with Gasteiger partial charge in [-0.05, 0) is 24.1 Å². The lowest BCUT2D eigenvalue weighted by atomic mass is 10.1. The van der Waals surface area contributed by atoms with Crippen LogP contribution in [-0.4, -0.2) is 37.0 Å². The topological polar surface area (TPSA) is 58.4 Å². The van der Waals surface area contributed by atoms with Crippen LogP contribution in [0.1, 0.15) is 5.56 Å². The highest BCUT2D eigenvalue weighted by atomic mass is 16.2. The van der Waals surface area contributed by atoms with E-state index >= 15 is 0 Å². The van der Waals surface area contributed by atoms with Crippen molar-refractivity contribution in [3.8, 4) is 0 Å². The second-order valence-corrected chi connectivity index (χ2v) is 4.12. The second-order valence-electron chi connectivity index (χ2n) is 4.12. The van der Waals surface area contributed by atoms with Crippen LogP contribution < -0.4 is 11.1 Å². The summed E-state index contributed by atoms with van der Waals surface area (Å²) in [5, 5.41) is 2.82. The summed E-state index contributed by atoms with van der Waals surface area (Å²) < 4.78 is 0. The number of carbonyl (C=O) groups excluding carboxylic acids is 1. The molecule has 0 aromatic heterocycles. The fourth-order valence-corrected chi connectivity index (χ4v) is 1.85. The van der Waals surface area contributed by atoms with Gasteiger partial charge in [0.2, 0.25) is 5.91 Å². The zero-order valence-electron chi connectivity index (χ0n) is 9.28. The van der Waals surface area contributed by atoms with Gasteiger partial charge < -0.3 is 11.1 Å². The molecule has 1 heterocycles. The van der Waals surface area contributed by atoms with Crippen molar-refractivity contribution in [2.45, 2.75) is 6.42 Å². The van der Waals surface area contributed by atoms with Crippen LogP contribution in [0.15, 0.2) is 24.3 Å². The molecule has 0 aliphatic carbocycles. The molecule has 1 aromatic carbocycles. The van der Waals surface area contributed by atoms with Crippen molar-refractivity contribution in [3.05, 3.63) is 29.8 Å². The van der Waals surface area contributed by atoms with Crippen LogP contribution in [0.5, 0.6) is 0 Å². The first kappa shape index (κ1) is 11.0. The number of hydrogen-bond donors (Lipinski definition) is 2. The summed E-state index contributed by atoms with van der Waals surface area (Å²) in [6.07, 6.45) is 0.966. The molecule has 86 valence electrons. The average molecular weight is 219 g/mol. The molecule has 0 atom stereocenters. The molecule has 1 aromatic rings. The van der Waals surface area contributed by atoms with Gasteiger partial charge in [0.15, 0.2) is 0 Å².